The second kappa shape index (κ2) is 22.7. The molecule has 7 aliphatic rings. The van der Waals surface area contributed by atoms with E-state index in [1.54, 1.807) is 7.11 Å². The van der Waals surface area contributed by atoms with Crippen LogP contribution in [-0.2, 0) is 46.2 Å². The van der Waals surface area contributed by atoms with Crippen molar-refractivity contribution in [1.82, 2.24) is 35.5 Å². The van der Waals surface area contributed by atoms with Crippen molar-refractivity contribution >= 4 is 34.7 Å². The normalized spacial score (nSPS) is 29.3. The summed E-state index contributed by atoms with van der Waals surface area (Å²) in [6.07, 6.45) is 8.90. The quantitative estimate of drug-likeness (QED) is 0.113. The molecule has 16 heteroatoms. The van der Waals surface area contributed by atoms with E-state index in [4.69, 9.17) is 28.7 Å². The maximum Gasteiger partial charge on any atom is 0.293 e. The SMILES string of the molecule is C/C=C(\[C@H]1NC(=O)[C@@H](N2CC[C@@H](COCC)C2)C(C)C2C(CC23COC3)[C@@H]1[C@H]1CN(c2ccc3c(c2)c(CC(C)(C)COC=O)c(-c2cc(N4CCNCC4)cnc2[C@H](C)OC)n3CC)CCO1)N1CCCCN1.[HH].[HH]. The van der Waals surface area contributed by atoms with Crippen LogP contribution in [0.15, 0.2) is 42.2 Å². The molecule has 6 aliphatic heterocycles. The molecule has 74 heavy (non-hydrogen) atoms. The van der Waals surface area contributed by atoms with Crippen molar-refractivity contribution in [3.05, 3.63) is 53.5 Å². The van der Waals surface area contributed by atoms with Crippen LogP contribution in [-0.4, -0.2) is 162 Å². The zero-order valence-corrected chi connectivity index (χ0v) is 45.8. The van der Waals surface area contributed by atoms with Crippen molar-refractivity contribution < 1.29 is 36.1 Å². The summed E-state index contributed by atoms with van der Waals surface area (Å²) in [5, 5.41) is 10.9. The van der Waals surface area contributed by atoms with E-state index >= 15 is 4.79 Å². The third-order valence-corrected chi connectivity index (χ3v) is 18.3. The first-order valence-corrected chi connectivity index (χ1v) is 28.4. The van der Waals surface area contributed by atoms with E-state index < -0.39 is 0 Å². The molecule has 410 valence electrons. The number of amides is 1. The number of likely N-dealkylation sites (tertiary alicyclic amines) is 1. The average molecular weight is 1030 g/mol. The lowest BCUT2D eigenvalue weighted by atomic mass is 9.44. The lowest BCUT2D eigenvalue weighted by molar-refractivity contribution is -0.262. The lowest BCUT2D eigenvalue weighted by Gasteiger charge is -2.67. The van der Waals surface area contributed by atoms with Crippen LogP contribution in [0.3, 0.4) is 0 Å². The van der Waals surface area contributed by atoms with Crippen LogP contribution < -0.4 is 25.9 Å². The van der Waals surface area contributed by atoms with Crippen molar-refractivity contribution in [3.63, 3.8) is 0 Å². The highest BCUT2D eigenvalue weighted by Gasteiger charge is 2.66. The molecular weight excluding hydrogens is 935 g/mol. The van der Waals surface area contributed by atoms with Gasteiger partial charge < -0.3 is 53.7 Å². The smallest absolute Gasteiger partial charge is 0.293 e. The Bertz CT molecular complexity index is 2480. The fourth-order valence-electron chi connectivity index (χ4n) is 14.8. The Labute approximate surface area is 443 Å². The molecule has 16 nitrogen and oxygen atoms in total. The maximum absolute atomic E-state index is 15.4. The Morgan fingerprint density at radius 2 is 1.86 bits per heavy atom. The molecule has 1 aromatic carbocycles. The highest BCUT2D eigenvalue weighted by molar-refractivity contribution is 5.95. The van der Waals surface area contributed by atoms with Crippen molar-refractivity contribution in [2.45, 2.75) is 111 Å². The van der Waals surface area contributed by atoms with Crippen molar-refractivity contribution in [3.8, 4) is 11.3 Å². The number of hydrogen-bond donors (Lipinski definition) is 3. The fourth-order valence-corrected chi connectivity index (χ4v) is 14.8. The van der Waals surface area contributed by atoms with Gasteiger partial charge in [-0.1, -0.05) is 26.8 Å². The number of carbonyl (C=O) groups excluding carboxylic acids is 2. The van der Waals surface area contributed by atoms with Gasteiger partial charge in [-0.15, -0.1) is 0 Å². The number of morpholine rings is 1. The van der Waals surface area contributed by atoms with Crippen molar-refractivity contribution in [2.75, 3.05) is 122 Å². The van der Waals surface area contributed by atoms with Crippen LogP contribution in [0.5, 0.6) is 0 Å². The zero-order valence-electron chi connectivity index (χ0n) is 45.8. The molecule has 8 heterocycles. The number of aryl methyl sites for hydroxylation is 1. The second-order valence-corrected chi connectivity index (χ2v) is 23.5. The lowest BCUT2D eigenvalue weighted by Crippen LogP contribution is -2.72. The second-order valence-electron chi connectivity index (χ2n) is 23.5. The molecule has 0 radical (unpaired) electrons. The molecule has 2 aromatic heterocycles. The van der Waals surface area contributed by atoms with Crippen LogP contribution in [0.2, 0.25) is 0 Å². The van der Waals surface area contributed by atoms with Gasteiger partial charge >= 0.3 is 0 Å². The molecule has 1 saturated carbocycles. The van der Waals surface area contributed by atoms with Gasteiger partial charge in [0, 0.05) is 127 Å². The first-order valence-electron chi connectivity index (χ1n) is 28.4. The topological polar surface area (TPSA) is 147 Å². The molecule has 1 aliphatic carbocycles. The molecule has 0 bridgehead atoms. The van der Waals surface area contributed by atoms with Crippen LogP contribution in [0.25, 0.3) is 22.2 Å². The molecule has 9 atom stereocenters. The van der Waals surface area contributed by atoms with Crippen LogP contribution >= 0.6 is 0 Å². The standard InChI is InChI=1S/C58H87N9O7.2H2/c1-9-47(67-20-13-12-17-61-67)53-50(46-29-58(35-72-36-58)51(46)38(4)54(56(69)62-53)65-21-16-40(31-65)33-71-11-3)49-32-64(24-25-74-49)41-14-15-48-43(26-41)45(28-57(6,7)34-73-37-68)55(66(48)10-2)44-27-42(63-22-18-59-19-23-63)30-60-52(44)39(5)70-8;;/h9,14-15,26-27,30,37-40,46,49-51,53-54,59,61H,10-13,16-25,28-29,31-36H2,1-8H3,(H,62,69);2*1H/b47-9+;;/t38?,39-,40+,46?,49+,50+,51?,53+,54-;;/m0../s1. The minimum atomic E-state index is -0.372. The summed E-state index contributed by atoms with van der Waals surface area (Å²) in [6.45, 7) is 29.2. The summed E-state index contributed by atoms with van der Waals surface area (Å²) in [7, 11) is 1.76. The highest BCUT2D eigenvalue weighted by atomic mass is 16.5. The van der Waals surface area contributed by atoms with Crippen molar-refractivity contribution in [1.29, 1.82) is 0 Å². The maximum atomic E-state index is 15.4. The van der Waals surface area contributed by atoms with Gasteiger partial charge in [0.15, 0.2) is 0 Å². The van der Waals surface area contributed by atoms with E-state index in [1.165, 1.54) is 10.9 Å². The molecule has 3 unspecified atom stereocenters. The number of pyridine rings is 1. The molecule has 10 rings (SSSR count). The third-order valence-electron chi connectivity index (χ3n) is 18.3. The number of ether oxygens (including phenoxy) is 5. The monoisotopic (exact) mass is 1030 g/mol. The summed E-state index contributed by atoms with van der Waals surface area (Å²) in [4.78, 5) is 39.7. The van der Waals surface area contributed by atoms with Crippen LogP contribution in [0, 0.1) is 40.4 Å². The minimum absolute atomic E-state index is 0. The van der Waals surface area contributed by atoms with E-state index in [-0.39, 0.29) is 55.7 Å². The van der Waals surface area contributed by atoms with Gasteiger partial charge in [0.2, 0.25) is 5.91 Å². The van der Waals surface area contributed by atoms with Crippen LogP contribution in [0.1, 0.15) is 94.4 Å². The summed E-state index contributed by atoms with van der Waals surface area (Å²) >= 11 is 0. The number of methoxy groups -OCH3 is 1. The molecular formula is C58H91N9O7. The molecule has 7 fully saturated rings. The van der Waals surface area contributed by atoms with Gasteiger partial charge in [-0.05, 0) is 120 Å². The number of nitrogens with zero attached hydrogens (tertiary/aromatic N) is 6. The number of hydrazine groups is 1. The van der Waals surface area contributed by atoms with Gasteiger partial charge in [-0.2, -0.15) is 0 Å². The summed E-state index contributed by atoms with van der Waals surface area (Å²) in [5.41, 5.74) is 12.3. The van der Waals surface area contributed by atoms with E-state index in [2.05, 4.69) is 119 Å². The van der Waals surface area contributed by atoms with Gasteiger partial charge in [0.25, 0.3) is 6.47 Å². The Kier molecular flexibility index (Phi) is 16.3. The molecule has 3 N–H and O–H groups in total. The number of benzene rings is 1. The predicted molar refractivity (Wildman–Crippen MR) is 294 cm³/mol. The van der Waals surface area contributed by atoms with Crippen molar-refractivity contribution in [2.24, 2.45) is 40.4 Å². The number of carbonyl (C=O) groups is 2. The Morgan fingerprint density at radius 1 is 1.04 bits per heavy atom. The number of piperazine rings is 1. The predicted octanol–water partition coefficient (Wildman–Crippen LogP) is 6.91. The Morgan fingerprint density at radius 3 is 2.57 bits per heavy atom. The summed E-state index contributed by atoms with van der Waals surface area (Å²) in [5.74, 6) is 1.39. The molecule has 3 aromatic rings. The number of fused-ring (bicyclic) bond motifs is 3. The number of hydrogen-bond acceptors (Lipinski definition) is 14. The van der Waals surface area contributed by atoms with E-state index in [9.17, 15) is 4.79 Å². The Hall–Kier alpha value is -4.29. The van der Waals surface area contributed by atoms with Gasteiger partial charge in [0.1, 0.15) is 0 Å². The number of nitrogens with one attached hydrogen (secondary N) is 3. The Balaban J connectivity index is 0.00000383. The summed E-state index contributed by atoms with van der Waals surface area (Å²) in [6, 6.07) is 8.89. The number of aromatic nitrogens is 2. The minimum Gasteiger partial charge on any atom is -0.467 e. The highest BCUT2D eigenvalue weighted by Crippen LogP contribution is 2.64. The third kappa shape index (κ3) is 10.2. The molecule has 1 amide bonds. The van der Waals surface area contributed by atoms with E-state index in [1.807, 2.05) is 6.20 Å². The number of allylic oxidation sites excluding steroid dienone is 1. The van der Waals surface area contributed by atoms with E-state index in [0.29, 0.717) is 57.0 Å². The zero-order chi connectivity index (χ0) is 51.7. The number of rotatable bonds is 18. The van der Waals surface area contributed by atoms with Gasteiger partial charge in [-0.25, -0.2) is 5.43 Å². The largest absolute Gasteiger partial charge is 0.467 e. The average Bonchev–Trinajstić information content (AvgIpc) is 4.03. The van der Waals surface area contributed by atoms with E-state index in [0.717, 1.165) is 150 Å². The fraction of sp³-hybridized carbons (Fsp3) is 0.707. The van der Waals surface area contributed by atoms with Gasteiger partial charge in [0.05, 0.1) is 80.6 Å². The van der Waals surface area contributed by atoms with Gasteiger partial charge in [-0.3, -0.25) is 19.5 Å². The number of anilines is 2. The van der Waals surface area contributed by atoms with Crippen LogP contribution in [0.4, 0.5) is 11.4 Å². The molecule has 1 spiro atoms. The molecule has 6 saturated heterocycles. The first kappa shape index (κ1) is 53.1. The summed E-state index contributed by atoms with van der Waals surface area (Å²) < 4.78 is 33.2. The first-order chi connectivity index (χ1) is 35.9.